The van der Waals surface area contributed by atoms with Gasteiger partial charge in [0.2, 0.25) is 5.89 Å². The van der Waals surface area contributed by atoms with E-state index in [4.69, 9.17) is 9.26 Å². The lowest BCUT2D eigenvalue weighted by Crippen LogP contribution is -2.31. The molecule has 0 bridgehead atoms. The van der Waals surface area contributed by atoms with Gasteiger partial charge in [0.1, 0.15) is 11.8 Å². The van der Waals surface area contributed by atoms with Gasteiger partial charge in [0, 0.05) is 18.0 Å². The van der Waals surface area contributed by atoms with Gasteiger partial charge < -0.3 is 14.2 Å². The number of amides is 1. The molecule has 0 spiro atoms. The summed E-state index contributed by atoms with van der Waals surface area (Å²) >= 11 is 0. The van der Waals surface area contributed by atoms with Crippen molar-refractivity contribution in [3.8, 4) is 5.75 Å². The molecule has 1 amide bonds. The highest BCUT2D eigenvalue weighted by Crippen LogP contribution is 2.34. The number of fused-ring (bicyclic) bond motifs is 1. The van der Waals surface area contributed by atoms with Crippen LogP contribution >= 0.6 is 0 Å². The smallest absolute Gasteiger partial charge is 0.254 e. The quantitative estimate of drug-likeness (QED) is 0.855. The molecule has 0 aliphatic carbocycles. The van der Waals surface area contributed by atoms with Crippen molar-refractivity contribution in [2.24, 2.45) is 0 Å². The van der Waals surface area contributed by atoms with E-state index in [2.05, 4.69) is 10.1 Å². The monoisotopic (exact) mass is 341 g/mol. The maximum absolute atomic E-state index is 13.1. The molecule has 1 aromatic heterocycles. The standard InChI is InChI=1S/C19H23N3O3/c1-12(2)17-20-18(25-21-17)15-6-3-9-22(15)19(23)14-7-8-16-13(11-14)5-4-10-24-16/h7-8,11-12,15H,3-6,9-10H2,1-2H3/t15-/m0/s1. The zero-order valence-electron chi connectivity index (χ0n) is 14.7. The minimum Gasteiger partial charge on any atom is -0.493 e. The van der Waals surface area contributed by atoms with Crippen LogP contribution < -0.4 is 4.74 Å². The first-order valence-corrected chi connectivity index (χ1v) is 9.03. The van der Waals surface area contributed by atoms with E-state index in [1.807, 2.05) is 36.9 Å². The molecule has 2 aliphatic rings. The summed E-state index contributed by atoms with van der Waals surface area (Å²) in [5.74, 6) is 2.39. The molecule has 1 aromatic carbocycles. The Balaban J connectivity index is 1.58. The lowest BCUT2D eigenvalue weighted by Gasteiger charge is -2.23. The van der Waals surface area contributed by atoms with Gasteiger partial charge in [-0.1, -0.05) is 19.0 Å². The highest BCUT2D eigenvalue weighted by molar-refractivity contribution is 5.95. The van der Waals surface area contributed by atoms with Gasteiger partial charge in [0.25, 0.3) is 5.91 Å². The number of nitrogens with zero attached hydrogens (tertiary/aromatic N) is 3. The second-order valence-electron chi connectivity index (χ2n) is 7.08. The minimum absolute atomic E-state index is 0.0279. The molecule has 1 fully saturated rings. The van der Waals surface area contributed by atoms with Crippen LogP contribution in [0.5, 0.6) is 5.75 Å². The predicted molar refractivity (Wildman–Crippen MR) is 91.7 cm³/mol. The Labute approximate surface area is 147 Å². The summed E-state index contributed by atoms with van der Waals surface area (Å²) in [4.78, 5) is 19.4. The Kier molecular flexibility index (Phi) is 4.19. The Hall–Kier alpha value is -2.37. The second kappa shape index (κ2) is 6.50. The van der Waals surface area contributed by atoms with Crippen LogP contribution in [-0.4, -0.2) is 34.1 Å². The van der Waals surface area contributed by atoms with E-state index < -0.39 is 0 Å². The molecule has 0 unspecified atom stereocenters. The average molecular weight is 341 g/mol. The Morgan fingerprint density at radius 1 is 1.32 bits per heavy atom. The van der Waals surface area contributed by atoms with E-state index in [0.717, 1.165) is 50.1 Å². The molecule has 4 rings (SSSR count). The molecule has 2 aromatic rings. The lowest BCUT2D eigenvalue weighted by molar-refractivity contribution is 0.0710. The van der Waals surface area contributed by atoms with E-state index in [1.54, 1.807) is 0 Å². The van der Waals surface area contributed by atoms with Crippen molar-refractivity contribution < 1.29 is 14.1 Å². The molecule has 2 aliphatic heterocycles. The summed E-state index contributed by atoms with van der Waals surface area (Å²) in [6, 6.07) is 5.62. The van der Waals surface area contributed by atoms with E-state index in [0.29, 0.717) is 17.3 Å². The van der Waals surface area contributed by atoms with Crippen LogP contribution in [0, 0.1) is 0 Å². The number of aryl methyl sites for hydroxylation is 1. The maximum atomic E-state index is 13.1. The van der Waals surface area contributed by atoms with Gasteiger partial charge in [-0.3, -0.25) is 4.79 Å². The number of rotatable bonds is 3. The van der Waals surface area contributed by atoms with Gasteiger partial charge in [0.05, 0.1) is 6.61 Å². The van der Waals surface area contributed by atoms with Crippen molar-refractivity contribution >= 4 is 5.91 Å². The van der Waals surface area contributed by atoms with Gasteiger partial charge in [-0.2, -0.15) is 4.98 Å². The average Bonchev–Trinajstić information content (AvgIpc) is 3.29. The topological polar surface area (TPSA) is 68.5 Å². The third-order valence-corrected chi connectivity index (χ3v) is 4.93. The summed E-state index contributed by atoms with van der Waals surface area (Å²) in [6.07, 6.45) is 3.77. The minimum atomic E-state index is -0.125. The predicted octanol–water partition coefficient (Wildman–Crippen LogP) is 3.50. The fourth-order valence-corrected chi connectivity index (χ4v) is 3.54. The van der Waals surface area contributed by atoms with E-state index in [-0.39, 0.29) is 17.9 Å². The van der Waals surface area contributed by atoms with Crippen LogP contribution in [0.4, 0.5) is 0 Å². The second-order valence-corrected chi connectivity index (χ2v) is 7.08. The molecular weight excluding hydrogens is 318 g/mol. The molecule has 6 heteroatoms. The van der Waals surface area contributed by atoms with Crippen LogP contribution in [0.3, 0.4) is 0 Å². The van der Waals surface area contributed by atoms with Gasteiger partial charge in [-0.15, -0.1) is 0 Å². The summed E-state index contributed by atoms with van der Waals surface area (Å²) in [5, 5.41) is 4.04. The highest BCUT2D eigenvalue weighted by atomic mass is 16.5. The first-order valence-electron chi connectivity index (χ1n) is 9.03. The normalized spacial score (nSPS) is 19.8. The summed E-state index contributed by atoms with van der Waals surface area (Å²) in [5.41, 5.74) is 1.83. The molecular formula is C19H23N3O3. The Morgan fingerprint density at radius 2 is 2.20 bits per heavy atom. The summed E-state index contributed by atoms with van der Waals surface area (Å²) < 4.78 is 11.1. The van der Waals surface area contributed by atoms with E-state index >= 15 is 0 Å². The number of carbonyl (C=O) groups excluding carboxylic acids is 1. The van der Waals surface area contributed by atoms with Crippen molar-refractivity contribution in [1.29, 1.82) is 0 Å². The van der Waals surface area contributed by atoms with E-state index in [1.165, 1.54) is 0 Å². The molecule has 1 saturated heterocycles. The van der Waals surface area contributed by atoms with Crippen LogP contribution in [0.25, 0.3) is 0 Å². The molecule has 0 radical (unpaired) electrons. The Bertz CT molecular complexity index is 784. The van der Waals surface area contributed by atoms with Crippen molar-refractivity contribution in [3.05, 3.63) is 41.0 Å². The van der Waals surface area contributed by atoms with Crippen LogP contribution in [0.1, 0.15) is 72.7 Å². The van der Waals surface area contributed by atoms with Crippen LogP contribution in [-0.2, 0) is 6.42 Å². The summed E-state index contributed by atoms with van der Waals surface area (Å²) in [6.45, 7) is 5.53. The lowest BCUT2D eigenvalue weighted by atomic mass is 10.0. The summed E-state index contributed by atoms with van der Waals surface area (Å²) in [7, 11) is 0. The number of likely N-dealkylation sites (tertiary alicyclic amines) is 1. The Morgan fingerprint density at radius 3 is 3.00 bits per heavy atom. The van der Waals surface area contributed by atoms with E-state index in [9.17, 15) is 4.79 Å². The molecule has 3 heterocycles. The third kappa shape index (κ3) is 3.01. The molecule has 25 heavy (non-hydrogen) atoms. The number of aromatic nitrogens is 2. The zero-order valence-corrected chi connectivity index (χ0v) is 14.7. The molecule has 6 nitrogen and oxygen atoms in total. The van der Waals surface area contributed by atoms with Crippen molar-refractivity contribution in [1.82, 2.24) is 15.0 Å². The fourth-order valence-electron chi connectivity index (χ4n) is 3.54. The molecule has 0 saturated carbocycles. The van der Waals surface area contributed by atoms with Crippen molar-refractivity contribution in [2.45, 2.75) is 51.5 Å². The molecule has 1 atom stereocenters. The fraction of sp³-hybridized carbons (Fsp3) is 0.526. The van der Waals surface area contributed by atoms with Crippen molar-refractivity contribution in [3.63, 3.8) is 0 Å². The van der Waals surface area contributed by atoms with Gasteiger partial charge >= 0.3 is 0 Å². The largest absolute Gasteiger partial charge is 0.493 e. The maximum Gasteiger partial charge on any atom is 0.254 e. The third-order valence-electron chi connectivity index (χ3n) is 4.93. The number of hydrogen-bond acceptors (Lipinski definition) is 5. The molecule has 0 N–H and O–H groups in total. The van der Waals surface area contributed by atoms with Gasteiger partial charge in [-0.25, -0.2) is 0 Å². The first kappa shape index (κ1) is 16.1. The number of benzene rings is 1. The number of carbonyl (C=O) groups is 1. The van der Waals surface area contributed by atoms with Crippen molar-refractivity contribution in [2.75, 3.05) is 13.2 Å². The zero-order chi connectivity index (χ0) is 17.4. The number of ether oxygens (including phenoxy) is 1. The van der Waals surface area contributed by atoms with Gasteiger partial charge in [0.15, 0.2) is 5.82 Å². The van der Waals surface area contributed by atoms with Crippen LogP contribution in [0.2, 0.25) is 0 Å². The van der Waals surface area contributed by atoms with Crippen LogP contribution in [0.15, 0.2) is 22.7 Å². The highest BCUT2D eigenvalue weighted by Gasteiger charge is 2.35. The molecule has 132 valence electrons. The SMILES string of the molecule is CC(C)c1noc([C@@H]2CCCN2C(=O)c2ccc3c(c2)CCCO3)n1. The number of hydrogen-bond donors (Lipinski definition) is 0. The van der Waals surface area contributed by atoms with Gasteiger partial charge in [-0.05, 0) is 49.4 Å². The first-order chi connectivity index (χ1) is 12.1.